The Morgan fingerprint density at radius 2 is 1.40 bits per heavy atom. The van der Waals surface area contributed by atoms with E-state index in [1.54, 1.807) is 6.20 Å². The molecule has 0 spiro atoms. The number of hydrogen-bond acceptors (Lipinski definition) is 12. The van der Waals surface area contributed by atoms with Crippen molar-refractivity contribution in [3.8, 4) is 0 Å². The predicted octanol–water partition coefficient (Wildman–Crippen LogP) is -0.448. The molecule has 1 aliphatic rings. The number of fused-ring (bicyclic) bond motifs is 1. The number of Topliss-reactive ketones (excluding diaryl/α,β-unsaturated/α-hetero) is 3. The Kier molecular flexibility index (Phi) is 24.3. The van der Waals surface area contributed by atoms with Crippen molar-refractivity contribution in [3.63, 3.8) is 0 Å². The van der Waals surface area contributed by atoms with E-state index in [0.29, 0.717) is 11.1 Å². The number of carbonyl (C=O) groups excluding carboxylic acids is 9. The molecule has 1 aromatic heterocycles. The maximum Gasteiger partial charge on any atom is 0.243 e. The van der Waals surface area contributed by atoms with Gasteiger partial charge in [-0.3, -0.25) is 53.1 Å². The molecule has 1 aliphatic heterocycles. The molecule has 0 unspecified atom stereocenters. The molecule has 0 bridgehead atoms. The zero-order valence-corrected chi connectivity index (χ0v) is 42.4. The van der Waals surface area contributed by atoms with Crippen LogP contribution in [0.25, 0.3) is 10.9 Å². The van der Waals surface area contributed by atoms with Gasteiger partial charge in [-0.15, -0.1) is 0 Å². The summed E-state index contributed by atoms with van der Waals surface area (Å²) >= 11 is 0. The number of para-hydroxylation sites is 1. The van der Waals surface area contributed by atoms with Crippen LogP contribution in [0.1, 0.15) is 102 Å². The van der Waals surface area contributed by atoms with Crippen LogP contribution in [0.2, 0.25) is 0 Å². The second-order valence-corrected chi connectivity index (χ2v) is 18.8. The van der Waals surface area contributed by atoms with E-state index in [-0.39, 0.29) is 127 Å². The number of guanidine groups is 2. The first-order valence-corrected chi connectivity index (χ1v) is 25.2. The van der Waals surface area contributed by atoms with Crippen molar-refractivity contribution in [2.45, 2.75) is 133 Å². The zero-order valence-electron chi connectivity index (χ0n) is 42.4. The Hall–Kier alpha value is -7.76. The van der Waals surface area contributed by atoms with Crippen LogP contribution in [-0.4, -0.2) is 120 Å². The number of aromatic nitrogens is 1. The average Bonchev–Trinajstić information content (AvgIpc) is 3.77. The largest absolute Gasteiger partial charge is 0.370 e. The molecule has 7 atom stereocenters. The van der Waals surface area contributed by atoms with Gasteiger partial charge in [0.05, 0.1) is 6.04 Å². The van der Waals surface area contributed by atoms with Gasteiger partial charge in [-0.2, -0.15) is 0 Å². The molecule has 0 aliphatic carbocycles. The molecule has 2 heterocycles. The summed E-state index contributed by atoms with van der Waals surface area (Å²) in [7, 11) is 0. The molecule has 23 nitrogen and oxygen atoms in total. The Morgan fingerprint density at radius 1 is 0.733 bits per heavy atom. The average molecular weight is 1050 g/mol. The summed E-state index contributed by atoms with van der Waals surface area (Å²) in [4.78, 5) is 136. The number of aliphatic imine (C=N–C) groups is 2. The van der Waals surface area contributed by atoms with Crippen molar-refractivity contribution >= 4 is 75.6 Å². The summed E-state index contributed by atoms with van der Waals surface area (Å²) in [5.74, 6) is -9.06. The maximum atomic E-state index is 14.7. The van der Waals surface area contributed by atoms with Gasteiger partial charge in [-0.25, -0.2) is 4.39 Å². The maximum absolute atomic E-state index is 14.7. The number of hydrogen-bond donors (Lipinski definition) is 12. The number of primary amides is 1. The Labute approximate surface area is 434 Å². The molecule has 6 amide bonds. The van der Waals surface area contributed by atoms with Crippen LogP contribution >= 0.6 is 0 Å². The number of nitrogens with one attached hydrogen (secondary N) is 6. The lowest BCUT2D eigenvalue weighted by molar-refractivity contribution is -0.135. The minimum absolute atomic E-state index is 0.0229. The molecular weight excluding hydrogens is 972 g/mol. The lowest BCUT2D eigenvalue weighted by Gasteiger charge is -2.27. The monoisotopic (exact) mass is 1040 g/mol. The number of H-pyrrole nitrogens is 1. The number of rotatable bonds is 18. The second-order valence-electron chi connectivity index (χ2n) is 18.8. The molecule has 0 saturated carbocycles. The van der Waals surface area contributed by atoms with Gasteiger partial charge in [0.2, 0.25) is 35.4 Å². The van der Waals surface area contributed by atoms with E-state index >= 15 is 0 Å². The van der Waals surface area contributed by atoms with Crippen molar-refractivity contribution in [3.05, 3.63) is 71.7 Å². The topological polar surface area (TPSA) is 410 Å². The summed E-state index contributed by atoms with van der Waals surface area (Å²) < 4.78 is 14.1. The van der Waals surface area contributed by atoms with Gasteiger partial charge in [0.1, 0.15) is 41.6 Å². The molecule has 4 rings (SSSR count). The third-order valence-corrected chi connectivity index (χ3v) is 12.9. The fourth-order valence-corrected chi connectivity index (χ4v) is 8.86. The first-order chi connectivity index (χ1) is 35.7. The van der Waals surface area contributed by atoms with Crippen molar-refractivity contribution in [1.82, 2.24) is 31.6 Å². The zero-order chi connectivity index (χ0) is 55.0. The normalized spacial score (nSPS) is 21.4. The molecule has 24 heteroatoms. The van der Waals surface area contributed by atoms with Gasteiger partial charge >= 0.3 is 0 Å². The Bertz CT molecular complexity index is 2530. The van der Waals surface area contributed by atoms with Crippen molar-refractivity contribution in [2.24, 2.45) is 56.2 Å². The lowest BCUT2D eigenvalue weighted by atomic mass is 9.83. The van der Waals surface area contributed by atoms with Crippen LogP contribution in [0, 0.1) is 17.7 Å². The molecule has 18 N–H and O–H groups in total. The van der Waals surface area contributed by atoms with E-state index in [0.717, 1.165) is 10.9 Å². The fourth-order valence-electron chi connectivity index (χ4n) is 8.86. The highest BCUT2D eigenvalue weighted by molar-refractivity contribution is 5.98. The van der Waals surface area contributed by atoms with E-state index in [4.69, 9.17) is 34.4 Å². The minimum atomic E-state index is -1.45. The first kappa shape index (κ1) is 59.8. The predicted molar refractivity (Wildman–Crippen MR) is 279 cm³/mol. The summed E-state index contributed by atoms with van der Waals surface area (Å²) in [6, 6.07) is 5.99. The SMILES string of the molecule is CC(=O)N[C@@H](CCCN=C(N)N)C(=O)N[C@H]1CCC(=O)CCCC[C@@H](C(N)=O)NC(=O)[C@H](Cc2c[nH]c3ccccc23)CC(=O)[C@H](CCCN=C(N)N)CC(=O)[C@@H](Cc2ccc(F)cc2)NC(=O)[C@H](CCN)NC1=O. The third-order valence-electron chi connectivity index (χ3n) is 12.9. The van der Waals surface area contributed by atoms with E-state index in [2.05, 4.69) is 41.6 Å². The molecule has 1 fully saturated rings. The molecule has 1 saturated heterocycles. The highest BCUT2D eigenvalue weighted by Crippen LogP contribution is 2.26. The number of benzene rings is 2. The Morgan fingerprint density at radius 3 is 2.07 bits per heavy atom. The standard InChI is InChI=1S/C51H73FN14O9/c1-29(67)62-39(13-7-23-60-51(57)58)47(73)64-40-19-18-35(68)9-2-4-12-38(45(54)71)63-46(72)32(25-33-28-61-37-11-5-3-10-36(33)37)27-43(69)31(8-6-22-59-50(55)56)26-44(70)42(24-30-14-16-34(52)17-15-30)66-49(75)41(20-21-53)65-48(40)74/h3,5,10-11,14-17,28,31-32,38-42,61H,2,4,6-9,12-13,18-27,53H2,1H3,(H2,54,71)(H,62,67)(H,63,72)(H,64,73)(H,65,74)(H,66,75)(H4,55,56,59)(H4,57,58,60)/t31-,32-,38+,39+,40+,41+,42-/m1/s1. The number of carbonyl (C=O) groups is 9. The van der Waals surface area contributed by atoms with E-state index < -0.39 is 101 Å². The second kappa shape index (κ2) is 30.4. The summed E-state index contributed by atoms with van der Waals surface area (Å²) in [5, 5.41) is 14.0. The number of ketones is 3. The van der Waals surface area contributed by atoms with E-state index in [9.17, 15) is 47.5 Å². The van der Waals surface area contributed by atoms with Crippen LogP contribution in [0.3, 0.4) is 0 Å². The van der Waals surface area contributed by atoms with Gasteiger partial charge in [0, 0.05) is 74.6 Å². The van der Waals surface area contributed by atoms with Crippen LogP contribution < -0.4 is 61.0 Å². The van der Waals surface area contributed by atoms with E-state index in [1.165, 1.54) is 31.2 Å². The summed E-state index contributed by atoms with van der Waals surface area (Å²) in [6.45, 7) is 1.28. The molecular formula is C51H73FN14O9. The first-order valence-electron chi connectivity index (χ1n) is 25.2. The van der Waals surface area contributed by atoms with Crippen molar-refractivity contribution in [2.75, 3.05) is 19.6 Å². The molecule has 3 aromatic rings. The van der Waals surface area contributed by atoms with Crippen LogP contribution in [-0.2, 0) is 56.0 Å². The van der Waals surface area contributed by atoms with Crippen molar-refractivity contribution in [1.29, 1.82) is 0 Å². The van der Waals surface area contributed by atoms with Crippen molar-refractivity contribution < 1.29 is 47.5 Å². The highest BCUT2D eigenvalue weighted by Gasteiger charge is 2.35. The number of nitrogens with two attached hydrogens (primary N) is 6. The quantitative estimate of drug-likeness (QED) is 0.0437. The number of amides is 6. The van der Waals surface area contributed by atoms with Gasteiger partial charge in [-0.1, -0.05) is 36.8 Å². The number of nitrogens with zero attached hydrogens (tertiary/aromatic N) is 2. The molecule has 2 aromatic carbocycles. The molecule has 0 radical (unpaired) electrons. The Balaban J connectivity index is 1.77. The third kappa shape index (κ3) is 20.6. The molecule has 75 heavy (non-hydrogen) atoms. The van der Waals surface area contributed by atoms with Gasteiger partial charge in [0.15, 0.2) is 17.7 Å². The lowest BCUT2D eigenvalue weighted by Crippen LogP contribution is -2.58. The molecule has 408 valence electrons. The van der Waals surface area contributed by atoms with Gasteiger partial charge in [0.25, 0.3) is 0 Å². The summed E-state index contributed by atoms with van der Waals surface area (Å²) in [5.41, 5.74) is 35.7. The van der Waals surface area contributed by atoms with Crippen LogP contribution in [0.4, 0.5) is 4.39 Å². The highest BCUT2D eigenvalue weighted by atomic mass is 19.1. The van der Waals surface area contributed by atoms with Gasteiger partial charge in [-0.05, 0) is 100 Å². The van der Waals surface area contributed by atoms with Crippen LogP contribution in [0.15, 0.2) is 64.7 Å². The van der Waals surface area contributed by atoms with E-state index in [1.807, 2.05) is 24.3 Å². The fraction of sp³-hybridized carbons (Fsp3) is 0.510. The summed E-state index contributed by atoms with van der Waals surface area (Å²) in [6.07, 6.45) is 1.22. The van der Waals surface area contributed by atoms with Crippen LogP contribution in [0.5, 0.6) is 0 Å². The smallest absolute Gasteiger partial charge is 0.243 e. The number of aromatic amines is 1. The minimum Gasteiger partial charge on any atom is -0.370 e. The van der Waals surface area contributed by atoms with Gasteiger partial charge < -0.3 is 66.0 Å². The number of halogens is 1.